The van der Waals surface area contributed by atoms with Gasteiger partial charge in [0.05, 0.1) is 0 Å². The van der Waals surface area contributed by atoms with Crippen LogP contribution in [0.5, 0.6) is 0 Å². The summed E-state index contributed by atoms with van der Waals surface area (Å²) in [6, 6.07) is 5.05. The lowest BCUT2D eigenvalue weighted by Gasteiger charge is -2.32. The van der Waals surface area contributed by atoms with E-state index in [4.69, 9.17) is 5.73 Å². The molecule has 0 aliphatic heterocycles. The predicted octanol–water partition coefficient (Wildman–Crippen LogP) is 4.61. The van der Waals surface area contributed by atoms with Crippen molar-refractivity contribution in [3.8, 4) is 0 Å². The molecule has 1 unspecified atom stereocenters. The van der Waals surface area contributed by atoms with Crippen LogP contribution < -0.4 is 10.6 Å². The van der Waals surface area contributed by atoms with Gasteiger partial charge in [-0.25, -0.2) is 8.78 Å². The zero-order valence-corrected chi connectivity index (χ0v) is 12.0. The lowest BCUT2D eigenvalue weighted by atomic mass is 10.1. The molecule has 0 amide bonds. The fourth-order valence-electron chi connectivity index (χ4n) is 2.14. The van der Waals surface area contributed by atoms with Crippen molar-refractivity contribution in [3.05, 3.63) is 23.8 Å². The molecule has 1 aromatic carbocycles. The number of nitrogens with zero attached hydrogens (tertiary/aromatic N) is 1. The normalized spacial score (nSPS) is 12.7. The van der Waals surface area contributed by atoms with E-state index >= 15 is 0 Å². The Hall–Kier alpha value is -1.32. The summed E-state index contributed by atoms with van der Waals surface area (Å²) >= 11 is 0. The van der Waals surface area contributed by atoms with Crippen molar-refractivity contribution in [2.75, 3.05) is 17.2 Å². The van der Waals surface area contributed by atoms with Crippen LogP contribution in [0.15, 0.2) is 18.2 Å². The smallest absolute Gasteiger partial charge is 0.265 e. The van der Waals surface area contributed by atoms with E-state index in [1.54, 1.807) is 12.1 Å². The van der Waals surface area contributed by atoms with Gasteiger partial charge in [-0.2, -0.15) is 0 Å². The van der Waals surface area contributed by atoms with E-state index in [0.29, 0.717) is 11.4 Å². The molecule has 2 N–H and O–H groups in total. The third-order valence-corrected chi connectivity index (χ3v) is 3.47. The van der Waals surface area contributed by atoms with E-state index in [1.165, 1.54) is 6.07 Å². The maximum atomic E-state index is 13.2. The topological polar surface area (TPSA) is 29.3 Å². The highest BCUT2D eigenvalue weighted by Crippen LogP contribution is 2.33. The van der Waals surface area contributed by atoms with Crippen LogP contribution in [-0.4, -0.2) is 12.6 Å². The lowest BCUT2D eigenvalue weighted by molar-refractivity contribution is 0.151. The lowest BCUT2D eigenvalue weighted by Crippen LogP contribution is -2.34. The van der Waals surface area contributed by atoms with E-state index < -0.39 is 6.43 Å². The van der Waals surface area contributed by atoms with Gasteiger partial charge in [-0.1, -0.05) is 20.3 Å². The van der Waals surface area contributed by atoms with E-state index in [9.17, 15) is 8.78 Å². The first-order chi connectivity index (χ1) is 9.01. The van der Waals surface area contributed by atoms with Crippen LogP contribution in [0.2, 0.25) is 0 Å². The van der Waals surface area contributed by atoms with Gasteiger partial charge in [0.15, 0.2) is 0 Å². The van der Waals surface area contributed by atoms with Gasteiger partial charge in [-0.15, -0.1) is 0 Å². The summed E-state index contributed by atoms with van der Waals surface area (Å²) in [4.78, 5) is 2.07. The third-order valence-electron chi connectivity index (χ3n) is 3.47. The number of hydrogen-bond acceptors (Lipinski definition) is 2. The SMILES string of the molecule is CCCCN(c1ccc(N)cc1C(F)F)C(C)CC. The fraction of sp³-hybridized carbons (Fsp3) is 0.600. The van der Waals surface area contributed by atoms with Crippen molar-refractivity contribution in [3.63, 3.8) is 0 Å². The molecule has 0 fully saturated rings. The average Bonchev–Trinajstić information content (AvgIpc) is 2.39. The van der Waals surface area contributed by atoms with Gasteiger partial charge in [0.2, 0.25) is 0 Å². The Kier molecular flexibility index (Phi) is 6.06. The molecule has 2 nitrogen and oxygen atoms in total. The molecule has 0 heterocycles. The molecule has 0 radical (unpaired) electrons. The maximum absolute atomic E-state index is 13.2. The number of nitrogens with two attached hydrogens (primary N) is 1. The zero-order valence-electron chi connectivity index (χ0n) is 12.0. The summed E-state index contributed by atoms with van der Waals surface area (Å²) in [6.07, 6.45) is 0.478. The van der Waals surface area contributed by atoms with Crippen LogP contribution in [0.4, 0.5) is 20.2 Å². The number of anilines is 2. The standard InChI is InChI=1S/C15H24F2N2/c1-4-6-9-19(11(3)5-2)14-8-7-12(18)10-13(14)15(16)17/h7-8,10-11,15H,4-6,9,18H2,1-3H3. The van der Waals surface area contributed by atoms with Crippen LogP contribution >= 0.6 is 0 Å². The van der Waals surface area contributed by atoms with E-state index in [-0.39, 0.29) is 11.6 Å². The summed E-state index contributed by atoms with van der Waals surface area (Å²) in [5, 5.41) is 0. The van der Waals surface area contributed by atoms with E-state index in [1.807, 2.05) is 0 Å². The Morgan fingerprint density at radius 3 is 2.47 bits per heavy atom. The van der Waals surface area contributed by atoms with Crippen LogP contribution in [0.3, 0.4) is 0 Å². The first kappa shape index (κ1) is 15.7. The molecule has 4 heteroatoms. The van der Waals surface area contributed by atoms with E-state index in [2.05, 4.69) is 25.7 Å². The highest BCUT2D eigenvalue weighted by Gasteiger charge is 2.20. The second kappa shape index (κ2) is 7.31. The van der Waals surface area contributed by atoms with Crippen molar-refractivity contribution in [1.29, 1.82) is 0 Å². The Morgan fingerprint density at radius 2 is 1.95 bits per heavy atom. The summed E-state index contributed by atoms with van der Waals surface area (Å²) < 4.78 is 26.4. The number of rotatable bonds is 7. The van der Waals surface area contributed by atoms with Crippen molar-refractivity contribution < 1.29 is 8.78 Å². The number of nitrogen functional groups attached to an aromatic ring is 1. The highest BCUT2D eigenvalue weighted by atomic mass is 19.3. The summed E-state index contributed by atoms with van der Waals surface area (Å²) in [7, 11) is 0. The molecule has 0 aliphatic rings. The number of hydrogen-bond donors (Lipinski definition) is 1. The fourth-order valence-corrected chi connectivity index (χ4v) is 2.14. The Morgan fingerprint density at radius 1 is 1.26 bits per heavy atom. The van der Waals surface area contributed by atoms with Gasteiger partial charge < -0.3 is 10.6 Å². The summed E-state index contributed by atoms with van der Waals surface area (Å²) in [5.41, 5.74) is 6.67. The van der Waals surface area contributed by atoms with Crippen molar-refractivity contribution in [2.45, 2.75) is 52.5 Å². The van der Waals surface area contributed by atoms with Crippen LogP contribution in [0, 0.1) is 0 Å². The molecule has 1 rings (SSSR count). The number of benzene rings is 1. The monoisotopic (exact) mass is 270 g/mol. The predicted molar refractivity (Wildman–Crippen MR) is 77.8 cm³/mol. The molecule has 1 atom stereocenters. The zero-order chi connectivity index (χ0) is 14.4. The third kappa shape index (κ3) is 4.08. The summed E-state index contributed by atoms with van der Waals surface area (Å²) in [5.74, 6) is 0. The van der Waals surface area contributed by atoms with Gasteiger partial charge in [0.25, 0.3) is 6.43 Å². The number of halogens is 2. The van der Waals surface area contributed by atoms with Gasteiger partial charge in [-0.05, 0) is 38.0 Å². The van der Waals surface area contributed by atoms with E-state index in [0.717, 1.165) is 25.8 Å². The van der Waals surface area contributed by atoms with Crippen molar-refractivity contribution in [1.82, 2.24) is 0 Å². The van der Waals surface area contributed by atoms with Gasteiger partial charge >= 0.3 is 0 Å². The second-order valence-corrected chi connectivity index (χ2v) is 4.92. The average molecular weight is 270 g/mol. The molecule has 108 valence electrons. The van der Waals surface area contributed by atoms with Crippen LogP contribution in [0.25, 0.3) is 0 Å². The first-order valence-electron chi connectivity index (χ1n) is 6.95. The molecular weight excluding hydrogens is 246 g/mol. The Bertz CT molecular complexity index is 394. The minimum absolute atomic E-state index is 0.0383. The number of unbranched alkanes of at least 4 members (excludes halogenated alkanes) is 1. The highest BCUT2D eigenvalue weighted by molar-refractivity contribution is 5.60. The largest absolute Gasteiger partial charge is 0.399 e. The Balaban J connectivity index is 3.13. The summed E-state index contributed by atoms with van der Waals surface area (Å²) in [6.45, 7) is 7.05. The van der Waals surface area contributed by atoms with Crippen molar-refractivity contribution >= 4 is 11.4 Å². The first-order valence-corrected chi connectivity index (χ1v) is 6.95. The maximum Gasteiger partial charge on any atom is 0.265 e. The molecular formula is C15H24F2N2. The molecule has 1 aromatic rings. The minimum Gasteiger partial charge on any atom is -0.399 e. The minimum atomic E-state index is -2.49. The molecule has 0 aromatic heterocycles. The van der Waals surface area contributed by atoms with Crippen LogP contribution in [-0.2, 0) is 0 Å². The van der Waals surface area contributed by atoms with Crippen LogP contribution in [0.1, 0.15) is 52.0 Å². The number of alkyl halides is 2. The molecule has 19 heavy (non-hydrogen) atoms. The quantitative estimate of drug-likeness (QED) is 0.733. The molecule has 0 spiro atoms. The molecule has 0 bridgehead atoms. The molecule has 0 saturated carbocycles. The van der Waals surface area contributed by atoms with Gasteiger partial charge in [-0.3, -0.25) is 0 Å². The molecule has 0 aliphatic carbocycles. The van der Waals surface area contributed by atoms with Gasteiger partial charge in [0, 0.05) is 29.5 Å². The van der Waals surface area contributed by atoms with Gasteiger partial charge in [0.1, 0.15) is 0 Å². The Labute approximate surface area is 114 Å². The van der Waals surface area contributed by atoms with Crippen molar-refractivity contribution in [2.24, 2.45) is 0 Å². The molecule has 0 saturated heterocycles. The second-order valence-electron chi connectivity index (χ2n) is 4.92.